The quantitative estimate of drug-likeness (QED) is 0.616. The van der Waals surface area contributed by atoms with Gasteiger partial charge >= 0.3 is 0 Å². The fourth-order valence-electron chi connectivity index (χ4n) is 1.58. The molecule has 0 fully saturated rings. The van der Waals surface area contributed by atoms with Crippen LogP contribution in [0.4, 0.5) is 0 Å². The number of rotatable bonds is 7. The number of methoxy groups -OCH3 is 1. The lowest BCUT2D eigenvalue weighted by molar-refractivity contribution is 0.292. The highest BCUT2D eigenvalue weighted by molar-refractivity contribution is 9.10. The second-order valence-electron chi connectivity index (χ2n) is 3.99. The Morgan fingerprint density at radius 3 is 2.79 bits per heavy atom. The average Bonchev–Trinajstić information content (AvgIpc) is 2.42. The third-order valence-corrected chi connectivity index (χ3v) is 3.05. The van der Waals surface area contributed by atoms with E-state index in [2.05, 4.69) is 40.0 Å². The molecular formula is C15H20BrNO2. The monoisotopic (exact) mass is 325 g/mol. The number of nitrogens with one attached hydrogen (secondary N) is 1. The first-order chi connectivity index (χ1) is 9.22. The average molecular weight is 326 g/mol. The Balaban J connectivity index is 2.79. The first-order valence-corrected chi connectivity index (χ1v) is 7.11. The van der Waals surface area contributed by atoms with Crippen LogP contribution in [0.5, 0.6) is 11.5 Å². The number of benzene rings is 1. The van der Waals surface area contributed by atoms with Gasteiger partial charge in [-0.15, -0.1) is 5.92 Å². The van der Waals surface area contributed by atoms with Crippen molar-refractivity contribution in [1.82, 2.24) is 5.32 Å². The lowest BCUT2D eigenvalue weighted by Gasteiger charge is -2.14. The van der Waals surface area contributed by atoms with Crippen molar-refractivity contribution in [3.05, 3.63) is 22.2 Å². The predicted octanol–water partition coefficient (Wildman–Crippen LogP) is 3.36. The molecule has 1 aromatic carbocycles. The second-order valence-corrected chi connectivity index (χ2v) is 4.84. The normalized spacial score (nSPS) is 9.68. The van der Waals surface area contributed by atoms with Crippen LogP contribution < -0.4 is 14.8 Å². The Morgan fingerprint density at radius 1 is 1.37 bits per heavy atom. The standard InChI is InChI=1S/C15H20BrNO2/c1-4-6-7-17-11-12-9-13(16)15(19-8-5-2)14(10-12)18-3/h9-10,17H,5,7-8,11H2,1-3H3. The Bertz CT molecular complexity index is 463. The number of hydrogen-bond donors (Lipinski definition) is 1. The molecule has 0 aliphatic carbocycles. The van der Waals surface area contributed by atoms with Crippen LogP contribution in [0.25, 0.3) is 0 Å². The summed E-state index contributed by atoms with van der Waals surface area (Å²) < 4.78 is 12.0. The van der Waals surface area contributed by atoms with Crippen molar-refractivity contribution in [2.75, 3.05) is 20.3 Å². The molecule has 1 rings (SSSR count). The van der Waals surface area contributed by atoms with Crippen molar-refractivity contribution in [1.29, 1.82) is 0 Å². The molecule has 1 aromatic rings. The van der Waals surface area contributed by atoms with Crippen molar-refractivity contribution in [2.24, 2.45) is 0 Å². The van der Waals surface area contributed by atoms with Gasteiger partial charge in [-0.25, -0.2) is 0 Å². The highest BCUT2D eigenvalue weighted by atomic mass is 79.9. The van der Waals surface area contributed by atoms with E-state index in [1.54, 1.807) is 7.11 Å². The van der Waals surface area contributed by atoms with Gasteiger partial charge in [-0.2, -0.15) is 0 Å². The van der Waals surface area contributed by atoms with Gasteiger partial charge in [-0.3, -0.25) is 0 Å². The predicted molar refractivity (Wildman–Crippen MR) is 81.6 cm³/mol. The second kappa shape index (κ2) is 8.84. The Labute approximate surface area is 123 Å². The maximum Gasteiger partial charge on any atom is 0.175 e. The molecule has 0 radical (unpaired) electrons. The smallest absolute Gasteiger partial charge is 0.175 e. The van der Waals surface area contributed by atoms with Gasteiger partial charge < -0.3 is 14.8 Å². The molecule has 19 heavy (non-hydrogen) atoms. The summed E-state index contributed by atoms with van der Waals surface area (Å²) in [4.78, 5) is 0. The van der Waals surface area contributed by atoms with Crippen LogP contribution in [0.3, 0.4) is 0 Å². The molecule has 0 atom stereocenters. The molecule has 0 bridgehead atoms. The summed E-state index contributed by atoms with van der Waals surface area (Å²) in [6.07, 6.45) is 0.967. The van der Waals surface area contributed by atoms with Gasteiger partial charge in [0, 0.05) is 6.54 Å². The molecule has 1 N–H and O–H groups in total. The molecule has 0 aliphatic heterocycles. The van der Waals surface area contributed by atoms with E-state index in [9.17, 15) is 0 Å². The van der Waals surface area contributed by atoms with E-state index in [4.69, 9.17) is 9.47 Å². The van der Waals surface area contributed by atoms with Crippen LogP contribution in [0, 0.1) is 11.8 Å². The summed E-state index contributed by atoms with van der Waals surface area (Å²) in [6, 6.07) is 4.03. The Hall–Kier alpha value is -1.18. The first kappa shape index (κ1) is 15.9. The summed E-state index contributed by atoms with van der Waals surface area (Å²) >= 11 is 3.53. The zero-order valence-corrected chi connectivity index (χ0v) is 13.3. The molecule has 3 nitrogen and oxygen atoms in total. The summed E-state index contributed by atoms with van der Waals surface area (Å²) in [5, 5.41) is 3.25. The van der Waals surface area contributed by atoms with Crippen molar-refractivity contribution >= 4 is 15.9 Å². The minimum absolute atomic E-state index is 0.679. The van der Waals surface area contributed by atoms with Gasteiger partial charge in [0.2, 0.25) is 0 Å². The first-order valence-electron chi connectivity index (χ1n) is 6.32. The molecule has 0 heterocycles. The fourth-order valence-corrected chi connectivity index (χ4v) is 2.18. The third kappa shape index (κ3) is 5.14. The van der Waals surface area contributed by atoms with Crippen molar-refractivity contribution < 1.29 is 9.47 Å². The summed E-state index contributed by atoms with van der Waals surface area (Å²) in [5.74, 6) is 7.34. The van der Waals surface area contributed by atoms with Crippen LogP contribution in [-0.2, 0) is 6.54 Å². The van der Waals surface area contributed by atoms with Crippen LogP contribution in [-0.4, -0.2) is 20.3 Å². The van der Waals surface area contributed by atoms with Gasteiger partial charge in [-0.05, 0) is 47.0 Å². The Kier molecular flexibility index (Phi) is 7.39. The molecular weight excluding hydrogens is 306 g/mol. The number of hydrogen-bond acceptors (Lipinski definition) is 3. The van der Waals surface area contributed by atoms with E-state index in [0.717, 1.165) is 34.5 Å². The zero-order chi connectivity index (χ0) is 14.1. The molecule has 0 spiro atoms. The van der Waals surface area contributed by atoms with Crippen molar-refractivity contribution in [3.8, 4) is 23.3 Å². The molecule has 0 saturated carbocycles. The van der Waals surface area contributed by atoms with Crippen molar-refractivity contribution in [2.45, 2.75) is 26.8 Å². The minimum atomic E-state index is 0.679. The van der Waals surface area contributed by atoms with E-state index < -0.39 is 0 Å². The van der Waals surface area contributed by atoms with Gasteiger partial charge in [0.15, 0.2) is 11.5 Å². The zero-order valence-electron chi connectivity index (χ0n) is 11.7. The molecule has 0 aromatic heterocycles. The molecule has 0 saturated heterocycles. The van der Waals surface area contributed by atoms with Gasteiger partial charge in [0.1, 0.15) is 0 Å². The number of ether oxygens (including phenoxy) is 2. The van der Waals surface area contributed by atoms with E-state index >= 15 is 0 Å². The lowest BCUT2D eigenvalue weighted by Crippen LogP contribution is -2.13. The van der Waals surface area contributed by atoms with Gasteiger partial charge in [0.05, 0.1) is 24.7 Å². The maximum atomic E-state index is 5.69. The SMILES string of the molecule is CC#CCNCc1cc(Br)c(OCCC)c(OC)c1. The molecule has 0 aliphatic rings. The molecule has 104 valence electrons. The Morgan fingerprint density at radius 2 is 2.16 bits per heavy atom. The molecule has 0 unspecified atom stereocenters. The highest BCUT2D eigenvalue weighted by Crippen LogP contribution is 2.36. The number of halogens is 1. The maximum absolute atomic E-state index is 5.69. The van der Waals surface area contributed by atoms with Crippen LogP contribution in [0.2, 0.25) is 0 Å². The van der Waals surface area contributed by atoms with E-state index in [0.29, 0.717) is 13.2 Å². The van der Waals surface area contributed by atoms with Gasteiger partial charge in [0.25, 0.3) is 0 Å². The fraction of sp³-hybridized carbons (Fsp3) is 0.467. The van der Waals surface area contributed by atoms with Gasteiger partial charge in [-0.1, -0.05) is 12.8 Å². The topological polar surface area (TPSA) is 30.5 Å². The highest BCUT2D eigenvalue weighted by Gasteiger charge is 2.11. The van der Waals surface area contributed by atoms with Crippen LogP contribution in [0.15, 0.2) is 16.6 Å². The summed E-state index contributed by atoms with van der Waals surface area (Å²) in [5.41, 5.74) is 1.13. The minimum Gasteiger partial charge on any atom is -0.493 e. The largest absolute Gasteiger partial charge is 0.493 e. The summed E-state index contributed by atoms with van der Waals surface area (Å²) in [7, 11) is 1.65. The molecule has 0 amide bonds. The summed E-state index contributed by atoms with van der Waals surface area (Å²) in [6.45, 7) is 6.02. The third-order valence-electron chi connectivity index (χ3n) is 2.46. The van der Waals surface area contributed by atoms with E-state index in [1.807, 2.05) is 19.1 Å². The lowest BCUT2D eigenvalue weighted by atomic mass is 10.2. The van der Waals surface area contributed by atoms with Crippen molar-refractivity contribution in [3.63, 3.8) is 0 Å². The molecule has 4 heteroatoms. The van der Waals surface area contributed by atoms with Crippen LogP contribution in [0.1, 0.15) is 25.8 Å². The van der Waals surface area contributed by atoms with E-state index in [1.165, 1.54) is 0 Å². The van der Waals surface area contributed by atoms with Crippen LogP contribution >= 0.6 is 15.9 Å². The van der Waals surface area contributed by atoms with E-state index in [-0.39, 0.29) is 0 Å².